The van der Waals surface area contributed by atoms with Crippen molar-refractivity contribution in [2.75, 3.05) is 65.9 Å². The fraction of sp³-hybridized carbons (Fsp3) is 0.875. The molecule has 0 aromatic heterocycles. The lowest BCUT2D eigenvalue weighted by Crippen LogP contribution is -2.54. The maximum absolute atomic E-state index is 12.5. The number of primary amides is 1. The lowest BCUT2D eigenvalue weighted by Gasteiger charge is -2.61. The molecule has 4 aliphatic rings. The Hall–Kier alpha value is -2.85. The van der Waals surface area contributed by atoms with Crippen molar-refractivity contribution in [2.24, 2.45) is 52.1 Å². The zero-order chi connectivity index (χ0) is 39.8. The van der Waals surface area contributed by atoms with Gasteiger partial charge in [0.25, 0.3) is 0 Å². The van der Waals surface area contributed by atoms with Gasteiger partial charge in [-0.2, -0.15) is 0 Å². The Labute approximate surface area is 326 Å². The monoisotopic (exact) mass is 780 g/mol. The van der Waals surface area contributed by atoms with Crippen LogP contribution in [0.25, 0.3) is 0 Å². The van der Waals surface area contributed by atoms with E-state index in [4.69, 9.17) is 29.5 Å². The largest absolute Gasteiger partial charge is 0.481 e. The van der Waals surface area contributed by atoms with Crippen LogP contribution in [-0.4, -0.2) is 107 Å². The minimum atomic E-state index is -0.686. The molecule has 15 nitrogen and oxygen atoms in total. The van der Waals surface area contributed by atoms with Crippen molar-refractivity contribution in [3.63, 3.8) is 0 Å². The second-order valence-corrected chi connectivity index (χ2v) is 16.8. The van der Waals surface area contributed by atoms with E-state index in [1.54, 1.807) is 0 Å². The molecule has 6 N–H and O–H groups in total. The molecule has 0 spiro atoms. The highest BCUT2D eigenvalue weighted by atomic mass is 16.7. The molecule has 55 heavy (non-hydrogen) atoms. The number of carboxylic acids is 1. The van der Waals surface area contributed by atoms with Gasteiger partial charge in [0.2, 0.25) is 23.6 Å². The number of hydrogen-bond acceptors (Lipinski definition) is 10. The molecule has 4 saturated carbocycles. The Morgan fingerprint density at radius 3 is 2.02 bits per heavy atom. The summed E-state index contributed by atoms with van der Waals surface area (Å²) in [5.41, 5.74) is 8.19. The average molecular weight is 781 g/mol. The predicted octanol–water partition coefficient (Wildman–Crippen LogP) is 3.13. The van der Waals surface area contributed by atoms with E-state index in [1.807, 2.05) is 0 Å². The van der Waals surface area contributed by atoms with E-state index in [2.05, 4.69) is 36.9 Å². The van der Waals surface area contributed by atoms with Crippen molar-refractivity contribution in [1.29, 1.82) is 0 Å². The van der Waals surface area contributed by atoms with E-state index in [0.717, 1.165) is 43.4 Å². The van der Waals surface area contributed by atoms with Gasteiger partial charge in [0.15, 0.2) is 0 Å². The van der Waals surface area contributed by atoms with Crippen LogP contribution < -0.4 is 21.8 Å². The zero-order valence-corrected chi connectivity index (χ0v) is 33.4. The molecule has 0 aliphatic heterocycles. The third-order valence-corrected chi connectivity index (χ3v) is 13.5. The Morgan fingerprint density at radius 2 is 1.33 bits per heavy atom. The Balaban J connectivity index is 1.01. The number of fused-ring (bicyclic) bond motifs is 5. The molecule has 0 saturated heterocycles. The standard InChI is InChI=1S/C40H68N4O11/c1-27(4-11-38(49)50)31-7-8-32-30-6-5-28-24-29(12-14-39(28,2)33(30)13-15-40(31,32)3)55-44-36(47)10-9-35(46)42-16-18-51-21-23-54-26-37(48)43-17-19-52-20-22-53-25-34(41)45/h27-33H,4-26H2,1-3H3,(H2,41,45)(H,42,46)(H,43,48)(H,44,47)(H,49,50). The Bertz CT molecular complexity index is 1270. The summed E-state index contributed by atoms with van der Waals surface area (Å²) in [4.78, 5) is 64.3. The van der Waals surface area contributed by atoms with Gasteiger partial charge >= 0.3 is 5.97 Å². The van der Waals surface area contributed by atoms with Gasteiger partial charge in [0.1, 0.15) is 13.2 Å². The zero-order valence-electron chi connectivity index (χ0n) is 33.4. The third-order valence-electron chi connectivity index (χ3n) is 13.5. The number of ether oxygens (including phenoxy) is 4. The van der Waals surface area contributed by atoms with Crippen LogP contribution in [-0.2, 0) is 47.8 Å². The summed E-state index contributed by atoms with van der Waals surface area (Å²) in [6.07, 6.45) is 11.6. The summed E-state index contributed by atoms with van der Waals surface area (Å²) < 4.78 is 20.9. The number of hydrogen-bond donors (Lipinski definition) is 5. The highest BCUT2D eigenvalue weighted by Gasteiger charge is 2.60. The topological polar surface area (TPSA) is 214 Å². The number of nitrogens with two attached hydrogens (primary N) is 1. The predicted molar refractivity (Wildman–Crippen MR) is 202 cm³/mol. The first-order valence-corrected chi connectivity index (χ1v) is 20.6. The van der Waals surface area contributed by atoms with Crippen LogP contribution in [0, 0.1) is 46.3 Å². The summed E-state index contributed by atoms with van der Waals surface area (Å²) in [7, 11) is 0. The van der Waals surface area contributed by atoms with E-state index >= 15 is 0 Å². The maximum atomic E-state index is 12.5. The molecule has 0 heterocycles. The molecule has 4 rings (SSSR count). The minimum Gasteiger partial charge on any atom is -0.481 e. The second-order valence-electron chi connectivity index (χ2n) is 16.8. The van der Waals surface area contributed by atoms with Gasteiger partial charge in [-0.3, -0.25) is 28.8 Å². The van der Waals surface area contributed by atoms with Crippen molar-refractivity contribution >= 4 is 29.6 Å². The highest BCUT2D eigenvalue weighted by Crippen LogP contribution is 2.68. The maximum Gasteiger partial charge on any atom is 0.303 e. The van der Waals surface area contributed by atoms with Crippen molar-refractivity contribution in [1.82, 2.24) is 16.1 Å². The molecule has 0 aromatic rings. The second kappa shape index (κ2) is 22.2. The molecular formula is C40H68N4O11. The number of hydroxylamine groups is 1. The molecule has 15 heteroatoms. The van der Waals surface area contributed by atoms with Crippen LogP contribution in [0.1, 0.15) is 104 Å². The smallest absolute Gasteiger partial charge is 0.303 e. The normalized spacial score (nSPS) is 30.3. The highest BCUT2D eigenvalue weighted by molar-refractivity contribution is 5.83. The Morgan fingerprint density at radius 1 is 0.709 bits per heavy atom. The molecule has 0 radical (unpaired) electrons. The summed E-state index contributed by atoms with van der Waals surface area (Å²) in [6.45, 7) is 9.23. The lowest BCUT2D eigenvalue weighted by molar-refractivity contribution is -0.159. The first-order valence-electron chi connectivity index (χ1n) is 20.6. The van der Waals surface area contributed by atoms with Crippen LogP contribution >= 0.6 is 0 Å². The molecule has 0 bridgehead atoms. The van der Waals surface area contributed by atoms with E-state index < -0.39 is 11.9 Å². The fourth-order valence-corrected chi connectivity index (χ4v) is 10.7. The van der Waals surface area contributed by atoms with Crippen molar-refractivity contribution < 1.29 is 52.9 Å². The number of carboxylic acid groups (broad SMARTS) is 1. The molecular weight excluding hydrogens is 712 g/mol. The van der Waals surface area contributed by atoms with Crippen molar-refractivity contribution in [2.45, 2.75) is 110 Å². The summed E-state index contributed by atoms with van der Waals surface area (Å²) in [6, 6.07) is 0. The number of nitrogens with one attached hydrogen (secondary N) is 3. The van der Waals surface area contributed by atoms with Crippen molar-refractivity contribution in [3.8, 4) is 0 Å². The first kappa shape index (κ1) is 44.9. The third kappa shape index (κ3) is 13.4. The van der Waals surface area contributed by atoms with E-state index in [-0.39, 0.29) is 94.8 Å². The van der Waals surface area contributed by atoms with Crippen LogP contribution in [0.15, 0.2) is 0 Å². The molecule has 4 amide bonds. The first-order chi connectivity index (χ1) is 26.3. The van der Waals surface area contributed by atoms with Gasteiger partial charge in [-0.05, 0) is 111 Å². The van der Waals surface area contributed by atoms with Gasteiger partial charge in [-0.1, -0.05) is 20.8 Å². The summed E-state index contributed by atoms with van der Waals surface area (Å²) in [5.74, 6) is 1.79. The average Bonchev–Trinajstić information content (AvgIpc) is 3.51. The number of amides is 4. The number of carbonyl (C=O) groups is 5. The van der Waals surface area contributed by atoms with Crippen LogP contribution in [0.2, 0.25) is 0 Å². The number of rotatable bonds is 25. The molecule has 314 valence electrons. The number of carbonyl (C=O) groups excluding carboxylic acids is 4. The molecule has 9 unspecified atom stereocenters. The van der Waals surface area contributed by atoms with Crippen LogP contribution in [0.5, 0.6) is 0 Å². The van der Waals surface area contributed by atoms with Gasteiger partial charge < -0.3 is 40.4 Å². The van der Waals surface area contributed by atoms with Crippen LogP contribution in [0.4, 0.5) is 0 Å². The Kier molecular flexibility index (Phi) is 18.1. The number of aliphatic carboxylic acids is 1. The van der Waals surface area contributed by atoms with Gasteiger partial charge in [-0.25, -0.2) is 5.48 Å². The lowest BCUT2D eigenvalue weighted by atomic mass is 9.44. The molecule has 4 fully saturated rings. The van der Waals surface area contributed by atoms with E-state index in [1.165, 1.54) is 38.5 Å². The van der Waals surface area contributed by atoms with Gasteiger partial charge in [0, 0.05) is 32.4 Å². The van der Waals surface area contributed by atoms with Gasteiger partial charge in [-0.15, -0.1) is 0 Å². The van der Waals surface area contributed by atoms with Crippen molar-refractivity contribution in [3.05, 3.63) is 0 Å². The molecule has 9 atom stereocenters. The fourth-order valence-electron chi connectivity index (χ4n) is 10.7. The summed E-state index contributed by atoms with van der Waals surface area (Å²) >= 11 is 0. The molecule has 4 aliphatic carbocycles. The summed E-state index contributed by atoms with van der Waals surface area (Å²) in [5, 5.41) is 14.7. The van der Waals surface area contributed by atoms with E-state index in [9.17, 15) is 29.1 Å². The van der Waals surface area contributed by atoms with Gasteiger partial charge in [0.05, 0.1) is 45.7 Å². The minimum absolute atomic E-state index is 0.0180. The molecule has 0 aromatic carbocycles. The van der Waals surface area contributed by atoms with E-state index in [0.29, 0.717) is 42.9 Å². The van der Waals surface area contributed by atoms with Crippen LogP contribution in [0.3, 0.4) is 0 Å². The quantitative estimate of drug-likeness (QED) is 0.0671. The SMILES string of the molecule is CC(CCC(=O)O)C1CCC2C3CCC4CC(ONC(=O)CCC(=O)NCCOCCOCC(=O)NCCOCCOCC(N)=O)CCC4(C)C3CCC12C.